The van der Waals surface area contributed by atoms with E-state index in [4.69, 9.17) is 0 Å². The summed E-state index contributed by atoms with van der Waals surface area (Å²) in [5.41, 5.74) is -1.15. The lowest BCUT2D eigenvalue weighted by atomic mass is 9.90. The van der Waals surface area contributed by atoms with Crippen LogP contribution in [-0.2, 0) is 11.6 Å². The van der Waals surface area contributed by atoms with Crippen molar-refractivity contribution in [1.82, 2.24) is 10.3 Å². The lowest BCUT2D eigenvalue weighted by Gasteiger charge is -2.21. The Balaban J connectivity index is 3.18. The second kappa shape index (κ2) is 7.47. The fourth-order valence-electron chi connectivity index (χ4n) is 1.91. The maximum absolute atomic E-state index is 13.3. The summed E-state index contributed by atoms with van der Waals surface area (Å²) in [5.74, 6) is -0.841. The van der Waals surface area contributed by atoms with Crippen LogP contribution in [0.25, 0.3) is 0 Å². The van der Waals surface area contributed by atoms with Gasteiger partial charge in [-0.2, -0.15) is 13.2 Å². The smallest absolute Gasteiger partial charge is 0.348 e. The average molecular weight is 338 g/mol. The average Bonchev–Trinajstić information content (AvgIpc) is 2.48. The Hall–Kier alpha value is -2.37. The molecule has 0 radical (unpaired) electrons. The van der Waals surface area contributed by atoms with Gasteiger partial charge < -0.3 is 5.32 Å². The lowest BCUT2D eigenvalue weighted by Crippen LogP contribution is -2.29. The number of aromatic nitrogens is 1. The standard InChI is InChI=1S/C18H21F3N2O/c1-6-8-12(7-2)10-23-16(24)13-11-22-15(17(3,4)5)9-14(13)18(19,20)21/h6-9,11H,1-2,10H2,3-5H3,(H,23,24)/b12-8+. The highest BCUT2D eigenvalue weighted by molar-refractivity contribution is 5.95. The van der Waals surface area contributed by atoms with E-state index in [1.54, 1.807) is 26.8 Å². The summed E-state index contributed by atoms with van der Waals surface area (Å²) in [4.78, 5) is 16.2. The molecule has 1 aromatic rings. The van der Waals surface area contributed by atoms with Crippen molar-refractivity contribution in [3.8, 4) is 0 Å². The molecule has 1 heterocycles. The number of halogens is 3. The Bertz CT molecular complexity index is 668. The number of allylic oxidation sites excluding steroid dienone is 2. The van der Waals surface area contributed by atoms with Crippen LogP contribution in [0.3, 0.4) is 0 Å². The van der Waals surface area contributed by atoms with E-state index in [9.17, 15) is 18.0 Å². The summed E-state index contributed by atoms with van der Waals surface area (Å²) in [7, 11) is 0. The Morgan fingerprint density at radius 1 is 1.29 bits per heavy atom. The van der Waals surface area contributed by atoms with Crippen LogP contribution in [-0.4, -0.2) is 17.4 Å². The van der Waals surface area contributed by atoms with Gasteiger partial charge in [0.2, 0.25) is 0 Å². The Labute approximate surface area is 140 Å². The summed E-state index contributed by atoms with van der Waals surface area (Å²) in [6, 6.07) is 0.933. The van der Waals surface area contributed by atoms with Gasteiger partial charge >= 0.3 is 6.18 Å². The van der Waals surface area contributed by atoms with Crippen molar-refractivity contribution in [2.24, 2.45) is 0 Å². The van der Waals surface area contributed by atoms with E-state index in [0.29, 0.717) is 5.57 Å². The number of alkyl halides is 3. The van der Waals surface area contributed by atoms with Gasteiger partial charge in [0.05, 0.1) is 11.1 Å². The summed E-state index contributed by atoms with van der Waals surface area (Å²) < 4.78 is 39.9. The molecule has 0 aliphatic carbocycles. The molecule has 0 atom stereocenters. The van der Waals surface area contributed by atoms with Crippen molar-refractivity contribution in [2.45, 2.75) is 32.4 Å². The first-order valence-electron chi connectivity index (χ1n) is 7.30. The maximum atomic E-state index is 13.3. The minimum atomic E-state index is -4.65. The fourth-order valence-corrected chi connectivity index (χ4v) is 1.91. The first kappa shape index (κ1) is 19.7. The highest BCUT2D eigenvalue weighted by Gasteiger charge is 2.36. The van der Waals surface area contributed by atoms with Gasteiger partial charge in [-0.25, -0.2) is 0 Å². The predicted octanol–water partition coefficient (Wildman–Crippen LogP) is 4.43. The second-order valence-electron chi connectivity index (χ2n) is 6.23. The van der Waals surface area contributed by atoms with Gasteiger partial charge in [-0.05, 0) is 11.6 Å². The molecule has 0 saturated heterocycles. The van der Waals surface area contributed by atoms with Crippen LogP contribution in [0.5, 0.6) is 0 Å². The number of pyridine rings is 1. The fraction of sp³-hybridized carbons (Fsp3) is 0.333. The van der Waals surface area contributed by atoms with Gasteiger partial charge in [-0.3, -0.25) is 9.78 Å². The first-order chi connectivity index (χ1) is 11.0. The molecule has 24 heavy (non-hydrogen) atoms. The highest BCUT2D eigenvalue weighted by Crippen LogP contribution is 2.34. The summed E-state index contributed by atoms with van der Waals surface area (Å²) in [6.45, 7) is 12.4. The van der Waals surface area contributed by atoms with Gasteiger partial charge in [0, 0.05) is 23.9 Å². The minimum absolute atomic E-state index is 0.0483. The van der Waals surface area contributed by atoms with Crippen LogP contribution >= 0.6 is 0 Å². The van der Waals surface area contributed by atoms with Gasteiger partial charge in [0.15, 0.2) is 0 Å². The lowest BCUT2D eigenvalue weighted by molar-refractivity contribution is -0.138. The molecule has 1 amide bonds. The normalized spacial score (nSPS) is 12.7. The van der Waals surface area contributed by atoms with Gasteiger partial charge in [0.25, 0.3) is 5.91 Å². The molecule has 1 rings (SSSR count). The van der Waals surface area contributed by atoms with Crippen molar-refractivity contribution in [3.63, 3.8) is 0 Å². The Morgan fingerprint density at radius 2 is 1.92 bits per heavy atom. The molecule has 0 saturated carbocycles. The molecule has 0 aromatic carbocycles. The van der Waals surface area contributed by atoms with Crippen molar-refractivity contribution < 1.29 is 18.0 Å². The molecular weight excluding hydrogens is 317 g/mol. The van der Waals surface area contributed by atoms with Crippen LogP contribution in [0.1, 0.15) is 42.4 Å². The SMILES string of the molecule is C=C/C=C(\C=C)CNC(=O)c1cnc(C(C)(C)C)cc1C(F)(F)F. The van der Waals surface area contributed by atoms with Gasteiger partial charge in [-0.1, -0.05) is 52.2 Å². The number of carbonyl (C=O) groups excluding carboxylic acids is 1. The highest BCUT2D eigenvalue weighted by atomic mass is 19.4. The molecule has 1 N–H and O–H groups in total. The monoisotopic (exact) mass is 338 g/mol. The second-order valence-corrected chi connectivity index (χ2v) is 6.23. The zero-order chi connectivity index (χ0) is 18.5. The molecule has 0 aliphatic rings. The molecule has 0 unspecified atom stereocenters. The number of carbonyl (C=O) groups is 1. The van der Waals surface area contributed by atoms with Crippen molar-refractivity contribution >= 4 is 5.91 Å². The summed E-state index contributed by atoms with van der Waals surface area (Å²) in [5, 5.41) is 2.44. The summed E-state index contributed by atoms with van der Waals surface area (Å²) >= 11 is 0. The number of hydrogen-bond donors (Lipinski definition) is 1. The zero-order valence-electron chi connectivity index (χ0n) is 14.0. The molecule has 0 bridgehead atoms. The minimum Gasteiger partial charge on any atom is -0.348 e. The van der Waals surface area contributed by atoms with E-state index in [2.05, 4.69) is 23.5 Å². The molecule has 3 nitrogen and oxygen atoms in total. The molecular formula is C18H21F3N2O. The quantitative estimate of drug-likeness (QED) is 0.807. The third-order valence-electron chi connectivity index (χ3n) is 3.27. The van der Waals surface area contributed by atoms with Crippen LogP contribution in [0, 0.1) is 0 Å². The number of amides is 1. The van der Waals surface area contributed by atoms with Crippen molar-refractivity contribution in [2.75, 3.05) is 6.54 Å². The van der Waals surface area contributed by atoms with Crippen molar-refractivity contribution in [1.29, 1.82) is 0 Å². The van der Waals surface area contributed by atoms with Crippen LogP contribution < -0.4 is 5.32 Å². The zero-order valence-corrected chi connectivity index (χ0v) is 14.0. The number of nitrogens with one attached hydrogen (secondary N) is 1. The molecule has 1 aromatic heterocycles. The summed E-state index contributed by atoms with van der Waals surface area (Å²) in [6.07, 6.45) is 0.938. The van der Waals surface area contributed by atoms with Crippen LogP contribution in [0.4, 0.5) is 13.2 Å². The molecule has 0 spiro atoms. The van der Waals surface area contributed by atoms with Crippen LogP contribution in [0.15, 0.2) is 49.2 Å². The topological polar surface area (TPSA) is 42.0 Å². The number of hydrogen-bond acceptors (Lipinski definition) is 2. The van der Waals surface area contributed by atoms with E-state index in [1.165, 1.54) is 12.2 Å². The largest absolute Gasteiger partial charge is 0.417 e. The molecule has 6 heteroatoms. The number of rotatable bonds is 5. The van der Waals surface area contributed by atoms with E-state index in [0.717, 1.165) is 12.3 Å². The Kier molecular flexibility index (Phi) is 6.12. The number of nitrogens with zero attached hydrogens (tertiary/aromatic N) is 1. The third-order valence-corrected chi connectivity index (χ3v) is 3.27. The van der Waals surface area contributed by atoms with Gasteiger partial charge in [0.1, 0.15) is 0 Å². The van der Waals surface area contributed by atoms with E-state index >= 15 is 0 Å². The Morgan fingerprint density at radius 3 is 2.38 bits per heavy atom. The van der Waals surface area contributed by atoms with Crippen LogP contribution in [0.2, 0.25) is 0 Å². The third kappa shape index (κ3) is 5.08. The maximum Gasteiger partial charge on any atom is 0.417 e. The first-order valence-corrected chi connectivity index (χ1v) is 7.30. The molecule has 130 valence electrons. The predicted molar refractivity (Wildman–Crippen MR) is 88.7 cm³/mol. The van der Waals surface area contributed by atoms with E-state index < -0.39 is 28.6 Å². The van der Waals surface area contributed by atoms with E-state index in [1.807, 2.05) is 0 Å². The molecule has 0 aliphatic heterocycles. The van der Waals surface area contributed by atoms with E-state index in [-0.39, 0.29) is 12.2 Å². The van der Waals surface area contributed by atoms with Gasteiger partial charge in [-0.15, -0.1) is 0 Å². The molecule has 0 fully saturated rings. The van der Waals surface area contributed by atoms with Crippen molar-refractivity contribution in [3.05, 3.63) is 66.0 Å².